The zero-order valence-corrected chi connectivity index (χ0v) is 13.8. The number of methoxy groups -OCH3 is 1. The van der Waals surface area contributed by atoms with Crippen LogP contribution in [0.15, 0.2) is 40.0 Å². The number of nitrogens with two attached hydrogens (primary N) is 1. The lowest BCUT2D eigenvalue weighted by atomic mass is 10.2. The summed E-state index contributed by atoms with van der Waals surface area (Å²) < 4.78 is 33.2. The predicted octanol–water partition coefficient (Wildman–Crippen LogP) is 2.54. The van der Waals surface area contributed by atoms with Crippen molar-refractivity contribution in [1.29, 1.82) is 0 Å². The molecule has 1 aromatic heterocycles. The van der Waals surface area contributed by atoms with E-state index in [4.69, 9.17) is 10.5 Å². The molecule has 2 aromatic rings. The van der Waals surface area contributed by atoms with Gasteiger partial charge in [0.15, 0.2) is 0 Å². The monoisotopic (exact) mass is 371 g/mol. The molecular weight excluding hydrogens is 358 g/mol. The molecule has 0 saturated carbocycles. The Kier molecular flexibility index (Phi) is 4.38. The number of hydrogen-bond donors (Lipinski definition) is 2. The van der Waals surface area contributed by atoms with Gasteiger partial charge in [0, 0.05) is 18.1 Å². The van der Waals surface area contributed by atoms with Crippen LogP contribution >= 0.6 is 15.9 Å². The molecule has 0 saturated heterocycles. The molecular formula is C13H14BrN3O3S. The van der Waals surface area contributed by atoms with E-state index in [0.717, 1.165) is 5.56 Å². The standard InChI is InChI=1S/C13H14BrN3O3S/c1-8-5-12(20-2)13(6-10(8)15)21(18,19)17-11-3-4-16-7-9(11)14/h3-7H,15H2,1-2H3,(H,16,17). The van der Waals surface area contributed by atoms with Gasteiger partial charge in [0.25, 0.3) is 10.0 Å². The molecule has 112 valence electrons. The topological polar surface area (TPSA) is 94.3 Å². The van der Waals surface area contributed by atoms with Crippen LogP contribution in [-0.4, -0.2) is 20.5 Å². The highest BCUT2D eigenvalue weighted by Crippen LogP contribution is 2.31. The van der Waals surface area contributed by atoms with Crippen LogP contribution in [0.3, 0.4) is 0 Å². The molecule has 2 rings (SSSR count). The number of sulfonamides is 1. The van der Waals surface area contributed by atoms with Gasteiger partial charge in [-0.3, -0.25) is 9.71 Å². The summed E-state index contributed by atoms with van der Waals surface area (Å²) in [7, 11) is -2.42. The fourth-order valence-corrected chi connectivity index (χ4v) is 3.45. The van der Waals surface area contributed by atoms with Crippen LogP contribution in [0.25, 0.3) is 0 Å². The van der Waals surface area contributed by atoms with Crippen LogP contribution in [0.4, 0.5) is 11.4 Å². The Morgan fingerprint density at radius 3 is 2.71 bits per heavy atom. The van der Waals surface area contributed by atoms with E-state index < -0.39 is 10.0 Å². The molecule has 0 amide bonds. The number of rotatable bonds is 4. The SMILES string of the molecule is COc1cc(C)c(N)cc1S(=O)(=O)Nc1ccncc1Br. The van der Waals surface area contributed by atoms with Gasteiger partial charge in [0.2, 0.25) is 0 Å². The third-order valence-electron chi connectivity index (χ3n) is 2.86. The maximum absolute atomic E-state index is 12.5. The van der Waals surface area contributed by atoms with E-state index in [1.54, 1.807) is 19.1 Å². The minimum absolute atomic E-state index is 0.0168. The van der Waals surface area contributed by atoms with Crippen molar-refractivity contribution in [2.45, 2.75) is 11.8 Å². The molecule has 0 aliphatic heterocycles. The maximum atomic E-state index is 12.5. The lowest BCUT2D eigenvalue weighted by Gasteiger charge is -2.14. The van der Waals surface area contributed by atoms with Gasteiger partial charge >= 0.3 is 0 Å². The number of benzene rings is 1. The van der Waals surface area contributed by atoms with E-state index in [-0.39, 0.29) is 10.6 Å². The zero-order chi connectivity index (χ0) is 15.6. The first-order chi connectivity index (χ1) is 9.85. The minimum Gasteiger partial charge on any atom is -0.495 e. The molecule has 0 unspecified atom stereocenters. The molecule has 21 heavy (non-hydrogen) atoms. The Bertz CT molecular complexity index is 778. The third-order valence-corrected chi connectivity index (χ3v) is 4.88. The van der Waals surface area contributed by atoms with E-state index in [9.17, 15) is 8.42 Å². The number of nitrogens with one attached hydrogen (secondary N) is 1. The first kappa shape index (κ1) is 15.6. The van der Waals surface area contributed by atoms with Gasteiger partial charge in [-0.05, 0) is 46.6 Å². The van der Waals surface area contributed by atoms with Crippen molar-refractivity contribution in [1.82, 2.24) is 4.98 Å². The molecule has 8 heteroatoms. The van der Waals surface area contributed by atoms with Gasteiger partial charge in [0.05, 0.1) is 17.3 Å². The van der Waals surface area contributed by atoms with E-state index in [2.05, 4.69) is 25.6 Å². The Morgan fingerprint density at radius 1 is 1.38 bits per heavy atom. The maximum Gasteiger partial charge on any atom is 0.265 e. The molecule has 0 atom stereocenters. The molecule has 0 aliphatic carbocycles. The molecule has 0 bridgehead atoms. The highest BCUT2D eigenvalue weighted by Gasteiger charge is 2.21. The number of nitrogens with zero attached hydrogens (tertiary/aromatic N) is 1. The highest BCUT2D eigenvalue weighted by molar-refractivity contribution is 9.10. The second-order valence-electron chi connectivity index (χ2n) is 4.32. The van der Waals surface area contributed by atoms with E-state index >= 15 is 0 Å². The van der Waals surface area contributed by atoms with Crippen LogP contribution in [0.5, 0.6) is 5.75 Å². The summed E-state index contributed by atoms with van der Waals surface area (Å²) in [6.07, 6.45) is 2.99. The minimum atomic E-state index is -3.83. The predicted molar refractivity (Wildman–Crippen MR) is 84.9 cm³/mol. The number of pyridine rings is 1. The quantitative estimate of drug-likeness (QED) is 0.805. The van der Waals surface area contributed by atoms with Gasteiger partial charge in [0.1, 0.15) is 10.6 Å². The Balaban J connectivity index is 2.50. The number of hydrogen-bond acceptors (Lipinski definition) is 5. The summed E-state index contributed by atoms with van der Waals surface area (Å²) in [6.45, 7) is 1.78. The number of aromatic nitrogens is 1. The molecule has 0 aliphatic rings. The van der Waals surface area contributed by atoms with Crippen molar-refractivity contribution < 1.29 is 13.2 Å². The Labute approximate surface area is 131 Å². The summed E-state index contributed by atoms with van der Waals surface area (Å²) in [4.78, 5) is 3.86. The summed E-state index contributed by atoms with van der Waals surface area (Å²) in [5.74, 6) is 0.236. The summed E-state index contributed by atoms with van der Waals surface area (Å²) >= 11 is 3.24. The molecule has 0 spiro atoms. The normalized spacial score (nSPS) is 11.2. The van der Waals surface area contributed by atoms with E-state index in [1.165, 1.54) is 25.6 Å². The van der Waals surface area contributed by atoms with Crippen molar-refractivity contribution in [3.05, 3.63) is 40.6 Å². The molecule has 0 radical (unpaired) electrons. The Hall–Kier alpha value is -1.80. The van der Waals surface area contributed by atoms with Gasteiger partial charge in [-0.2, -0.15) is 0 Å². The second-order valence-corrected chi connectivity index (χ2v) is 6.83. The molecule has 3 N–H and O–H groups in total. The second kappa shape index (κ2) is 5.90. The number of halogens is 1. The van der Waals surface area contributed by atoms with E-state index in [0.29, 0.717) is 15.8 Å². The summed E-state index contributed by atoms with van der Waals surface area (Å²) in [5, 5.41) is 0. The molecule has 0 fully saturated rings. The van der Waals surface area contributed by atoms with Crippen molar-refractivity contribution in [2.75, 3.05) is 17.6 Å². The largest absolute Gasteiger partial charge is 0.495 e. The van der Waals surface area contributed by atoms with Crippen molar-refractivity contribution >= 4 is 37.3 Å². The number of nitrogen functional groups attached to an aromatic ring is 1. The van der Waals surface area contributed by atoms with E-state index in [1.807, 2.05) is 0 Å². The van der Waals surface area contributed by atoms with Crippen molar-refractivity contribution in [3.63, 3.8) is 0 Å². The average Bonchev–Trinajstić information content (AvgIpc) is 2.43. The van der Waals surface area contributed by atoms with Crippen LogP contribution in [-0.2, 0) is 10.0 Å². The first-order valence-corrected chi connectivity index (χ1v) is 8.19. The van der Waals surface area contributed by atoms with Crippen LogP contribution < -0.4 is 15.2 Å². The lowest BCUT2D eigenvalue weighted by Crippen LogP contribution is -2.15. The van der Waals surface area contributed by atoms with Crippen molar-refractivity contribution in [2.24, 2.45) is 0 Å². The van der Waals surface area contributed by atoms with Gasteiger partial charge in [-0.15, -0.1) is 0 Å². The summed E-state index contributed by atoms with van der Waals surface area (Å²) in [5.41, 5.74) is 7.30. The number of anilines is 2. The number of aryl methyl sites for hydroxylation is 1. The lowest BCUT2D eigenvalue weighted by molar-refractivity contribution is 0.402. The van der Waals surface area contributed by atoms with Crippen LogP contribution in [0.2, 0.25) is 0 Å². The third kappa shape index (κ3) is 3.27. The van der Waals surface area contributed by atoms with Crippen LogP contribution in [0, 0.1) is 6.92 Å². The smallest absolute Gasteiger partial charge is 0.265 e. The fraction of sp³-hybridized carbons (Fsp3) is 0.154. The van der Waals surface area contributed by atoms with Gasteiger partial charge in [-0.1, -0.05) is 0 Å². The van der Waals surface area contributed by atoms with Gasteiger partial charge in [-0.25, -0.2) is 8.42 Å². The fourth-order valence-electron chi connectivity index (χ4n) is 1.70. The Morgan fingerprint density at radius 2 is 2.10 bits per heavy atom. The summed E-state index contributed by atoms with van der Waals surface area (Å²) in [6, 6.07) is 4.52. The highest BCUT2D eigenvalue weighted by atomic mass is 79.9. The molecule has 1 aromatic carbocycles. The van der Waals surface area contributed by atoms with Gasteiger partial charge < -0.3 is 10.5 Å². The molecule has 1 heterocycles. The average molecular weight is 372 g/mol. The van der Waals surface area contributed by atoms with Crippen molar-refractivity contribution in [3.8, 4) is 5.75 Å². The number of ether oxygens (including phenoxy) is 1. The molecule has 6 nitrogen and oxygen atoms in total. The zero-order valence-electron chi connectivity index (χ0n) is 11.4. The first-order valence-electron chi connectivity index (χ1n) is 5.91. The van der Waals surface area contributed by atoms with Crippen LogP contribution in [0.1, 0.15) is 5.56 Å².